The molecule has 172 valence electrons. The largest absolute Gasteiger partial charge is 0.493 e. The maximum absolute atomic E-state index is 12.7. The van der Waals surface area contributed by atoms with Gasteiger partial charge >= 0.3 is 0 Å². The van der Waals surface area contributed by atoms with Gasteiger partial charge in [-0.05, 0) is 54.8 Å². The molecule has 0 unspecified atom stereocenters. The molecule has 1 N–H and O–H groups in total. The van der Waals surface area contributed by atoms with Gasteiger partial charge in [-0.3, -0.25) is 9.59 Å². The van der Waals surface area contributed by atoms with Gasteiger partial charge in [-0.25, -0.2) is 0 Å². The third kappa shape index (κ3) is 6.34. The van der Waals surface area contributed by atoms with Crippen LogP contribution in [0, 0.1) is 25.2 Å². The average Bonchev–Trinajstić information content (AvgIpc) is 2.83. The van der Waals surface area contributed by atoms with Crippen LogP contribution < -0.4 is 14.8 Å². The summed E-state index contributed by atoms with van der Waals surface area (Å²) in [4.78, 5) is 26.7. The molecule has 1 aliphatic rings. The predicted molar refractivity (Wildman–Crippen MR) is 124 cm³/mol. The van der Waals surface area contributed by atoms with Crippen LogP contribution in [0.1, 0.15) is 16.7 Å². The van der Waals surface area contributed by atoms with E-state index >= 15 is 0 Å². The summed E-state index contributed by atoms with van der Waals surface area (Å²) in [7, 11) is 1.48. The average molecular weight is 450 g/mol. The van der Waals surface area contributed by atoms with Gasteiger partial charge in [0, 0.05) is 18.8 Å². The number of anilines is 1. The van der Waals surface area contributed by atoms with Crippen molar-refractivity contribution >= 4 is 23.6 Å². The van der Waals surface area contributed by atoms with Crippen LogP contribution in [-0.4, -0.2) is 56.7 Å². The van der Waals surface area contributed by atoms with E-state index in [1.807, 2.05) is 38.1 Å². The summed E-state index contributed by atoms with van der Waals surface area (Å²) in [5, 5.41) is 12.3. The first kappa shape index (κ1) is 23.8. The summed E-state index contributed by atoms with van der Waals surface area (Å²) in [6, 6.07) is 12.7. The molecule has 0 radical (unpaired) electrons. The Balaban J connectivity index is 1.71. The number of methoxy groups -OCH3 is 1. The Morgan fingerprint density at radius 1 is 1.15 bits per heavy atom. The standard InChI is InChI=1S/C25H27N3O5/c1-17-4-5-18(2)21(12-17)27-25(30)20(15-26)13-19-6-7-22(23(14-19)31-3)33-16-24(29)28-8-10-32-11-9-28/h4-7,12-14H,8-11,16H2,1-3H3,(H,27,30)/b20-13-. The second kappa shape index (κ2) is 11.2. The quantitative estimate of drug-likeness (QED) is 0.515. The minimum absolute atomic E-state index is 0.0471. The van der Waals surface area contributed by atoms with Crippen molar-refractivity contribution in [2.24, 2.45) is 0 Å². The molecule has 8 nitrogen and oxygen atoms in total. The number of carbonyl (C=O) groups excluding carboxylic acids is 2. The summed E-state index contributed by atoms with van der Waals surface area (Å²) in [5.74, 6) is 0.168. The minimum atomic E-state index is -0.499. The molecule has 8 heteroatoms. The van der Waals surface area contributed by atoms with Gasteiger partial charge in [0.1, 0.15) is 11.6 Å². The van der Waals surface area contributed by atoms with E-state index in [1.54, 1.807) is 23.1 Å². The van der Waals surface area contributed by atoms with Crippen molar-refractivity contribution in [1.82, 2.24) is 4.90 Å². The normalized spacial score (nSPS) is 13.8. The number of morpholine rings is 1. The van der Waals surface area contributed by atoms with Gasteiger partial charge in [-0.1, -0.05) is 18.2 Å². The van der Waals surface area contributed by atoms with E-state index in [9.17, 15) is 14.9 Å². The predicted octanol–water partition coefficient (Wildman–Crippen LogP) is 3.10. The number of ether oxygens (including phenoxy) is 3. The third-order valence-electron chi connectivity index (χ3n) is 5.22. The van der Waals surface area contributed by atoms with Crippen LogP contribution in [0.5, 0.6) is 11.5 Å². The van der Waals surface area contributed by atoms with Gasteiger partial charge < -0.3 is 24.4 Å². The van der Waals surface area contributed by atoms with Gasteiger partial charge in [-0.15, -0.1) is 0 Å². The summed E-state index contributed by atoms with van der Waals surface area (Å²) in [6.45, 7) is 5.84. The number of hydrogen-bond donors (Lipinski definition) is 1. The number of amides is 2. The van der Waals surface area contributed by atoms with E-state index in [-0.39, 0.29) is 18.1 Å². The molecule has 1 fully saturated rings. The van der Waals surface area contributed by atoms with E-state index in [0.717, 1.165) is 11.1 Å². The zero-order valence-corrected chi connectivity index (χ0v) is 19.0. The number of aryl methyl sites for hydroxylation is 2. The zero-order valence-electron chi connectivity index (χ0n) is 19.0. The SMILES string of the molecule is COc1cc(/C=C(/C#N)C(=O)Nc2cc(C)ccc2C)ccc1OCC(=O)N1CCOCC1. The van der Waals surface area contributed by atoms with Crippen LogP contribution in [-0.2, 0) is 14.3 Å². The molecular weight excluding hydrogens is 422 g/mol. The van der Waals surface area contributed by atoms with E-state index < -0.39 is 5.91 Å². The summed E-state index contributed by atoms with van der Waals surface area (Å²) < 4.78 is 16.3. The Bertz CT molecular complexity index is 1100. The first-order valence-electron chi connectivity index (χ1n) is 10.6. The molecule has 0 aromatic heterocycles. The van der Waals surface area contributed by atoms with E-state index in [1.165, 1.54) is 13.2 Å². The lowest BCUT2D eigenvalue weighted by atomic mass is 10.1. The highest BCUT2D eigenvalue weighted by Gasteiger charge is 2.18. The fourth-order valence-electron chi connectivity index (χ4n) is 3.31. The molecule has 1 aliphatic heterocycles. The molecule has 1 saturated heterocycles. The molecule has 0 spiro atoms. The summed E-state index contributed by atoms with van der Waals surface area (Å²) in [6.07, 6.45) is 1.48. The first-order valence-corrected chi connectivity index (χ1v) is 10.6. The molecule has 2 aromatic carbocycles. The second-order valence-electron chi connectivity index (χ2n) is 7.63. The van der Waals surface area contributed by atoms with Crippen molar-refractivity contribution in [2.75, 3.05) is 45.3 Å². The molecule has 0 aliphatic carbocycles. The Morgan fingerprint density at radius 3 is 2.61 bits per heavy atom. The molecule has 1 heterocycles. The molecule has 2 amide bonds. The monoisotopic (exact) mass is 449 g/mol. The van der Waals surface area contributed by atoms with Crippen LogP contribution in [0.2, 0.25) is 0 Å². The Morgan fingerprint density at radius 2 is 1.91 bits per heavy atom. The topological polar surface area (TPSA) is 101 Å². The first-order chi connectivity index (χ1) is 15.9. The van der Waals surface area contributed by atoms with E-state index in [4.69, 9.17) is 14.2 Å². The van der Waals surface area contributed by atoms with Gasteiger partial charge in [0.15, 0.2) is 18.1 Å². The highest BCUT2D eigenvalue weighted by Crippen LogP contribution is 2.29. The summed E-state index contributed by atoms with van der Waals surface area (Å²) in [5.41, 5.74) is 3.11. The summed E-state index contributed by atoms with van der Waals surface area (Å²) >= 11 is 0. The maximum atomic E-state index is 12.7. The van der Waals surface area contributed by atoms with Crippen molar-refractivity contribution in [3.05, 3.63) is 58.7 Å². The van der Waals surface area contributed by atoms with Gasteiger partial charge in [-0.2, -0.15) is 5.26 Å². The Kier molecular flexibility index (Phi) is 8.06. The number of nitrogens with zero attached hydrogens (tertiary/aromatic N) is 2. The Hall–Kier alpha value is -3.83. The highest BCUT2D eigenvalue weighted by molar-refractivity contribution is 6.10. The van der Waals surface area contributed by atoms with E-state index in [0.29, 0.717) is 49.1 Å². The van der Waals surface area contributed by atoms with Crippen LogP contribution >= 0.6 is 0 Å². The fourth-order valence-corrected chi connectivity index (χ4v) is 3.31. The van der Waals surface area contributed by atoms with Crippen molar-refractivity contribution in [2.45, 2.75) is 13.8 Å². The zero-order chi connectivity index (χ0) is 23.8. The highest BCUT2D eigenvalue weighted by atomic mass is 16.5. The van der Waals surface area contributed by atoms with Crippen LogP contribution in [0.4, 0.5) is 5.69 Å². The second-order valence-corrected chi connectivity index (χ2v) is 7.63. The minimum Gasteiger partial charge on any atom is -0.493 e. The number of carbonyl (C=O) groups is 2. The smallest absolute Gasteiger partial charge is 0.266 e. The van der Waals surface area contributed by atoms with Crippen molar-refractivity contribution in [3.63, 3.8) is 0 Å². The number of hydrogen-bond acceptors (Lipinski definition) is 6. The third-order valence-corrected chi connectivity index (χ3v) is 5.22. The van der Waals surface area contributed by atoms with Crippen molar-refractivity contribution < 1.29 is 23.8 Å². The fraction of sp³-hybridized carbons (Fsp3) is 0.320. The van der Waals surface area contributed by atoms with Crippen LogP contribution in [0.25, 0.3) is 6.08 Å². The number of rotatable bonds is 7. The van der Waals surface area contributed by atoms with Crippen molar-refractivity contribution in [1.29, 1.82) is 5.26 Å². The molecule has 0 bridgehead atoms. The molecule has 2 aromatic rings. The van der Waals surface area contributed by atoms with Crippen LogP contribution in [0.15, 0.2) is 42.0 Å². The lowest BCUT2D eigenvalue weighted by Crippen LogP contribution is -2.43. The van der Waals surface area contributed by atoms with E-state index in [2.05, 4.69) is 5.32 Å². The van der Waals surface area contributed by atoms with Crippen LogP contribution in [0.3, 0.4) is 0 Å². The molecular formula is C25H27N3O5. The Labute approximate surface area is 193 Å². The lowest BCUT2D eigenvalue weighted by molar-refractivity contribution is -0.137. The number of benzene rings is 2. The molecule has 0 atom stereocenters. The van der Waals surface area contributed by atoms with Gasteiger partial charge in [0.05, 0.1) is 20.3 Å². The molecule has 33 heavy (non-hydrogen) atoms. The number of nitrogens with one attached hydrogen (secondary N) is 1. The maximum Gasteiger partial charge on any atom is 0.266 e. The van der Waals surface area contributed by atoms with Crippen molar-refractivity contribution in [3.8, 4) is 17.6 Å². The van der Waals surface area contributed by atoms with Gasteiger partial charge in [0.25, 0.3) is 11.8 Å². The van der Waals surface area contributed by atoms with Gasteiger partial charge in [0.2, 0.25) is 0 Å². The lowest BCUT2D eigenvalue weighted by Gasteiger charge is -2.26. The molecule has 3 rings (SSSR count). The molecule has 0 saturated carbocycles. The number of nitriles is 1.